The van der Waals surface area contributed by atoms with Crippen LogP contribution in [0.15, 0.2) is 24.3 Å². The molecular weight excluding hydrogens is 276 g/mol. The molecule has 1 N–H and O–H groups in total. The molecule has 0 atom stereocenters. The Bertz CT molecular complexity index is 414. The number of nitrogens with one attached hydrogen (secondary N) is 1. The van der Waals surface area contributed by atoms with Crippen molar-refractivity contribution in [3.63, 3.8) is 0 Å². The Morgan fingerprint density at radius 2 is 1.77 bits per heavy atom. The standard InChI is InChI=1S/C18H30N2O2/c1-4-20(5-2)14-8-6-7-13-19-18(21)15-16-9-11-17(22-3)12-10-16/h9-12H,4-8,13-15H2,1-3H3,(H,19,21). The normalized spacial score (nSPS) is 10.7. The van der Waals surface area contributed by atoms with Gasteiger partial charge in [-0.1, -0.05) is 32.4 Å². The largest absolute Gasteiger partial charge is 0.497 e. The Labute approximate surface area is 134 Å². The fraction of sp³-hybridized carbons (Fsp3) is 0.611. The lowest BCUT2D eigenvalue weighted by molar-refractivity contribution is -0.120. The Kier molecular flexibility index (Phi) is 9.31. The van der Waals surface area contributed by atoms with E-state index in [1.807, 2.05) is 24.3 Å². The summed E-state index contributed by atoms with van der Waals surface area (Å²) in [6.07, 6.45) is 3.86. The summed E-state index contributed by atoms with van der Waals surface area (Å²) in [5.74, 6) is 0.909. The second-order valence-corrected chi connectivity index (χ2v) is 5.46. The van der Waals surface area contributed by atoms with Gasteiger partial charge in [0.05, 0.1) is 13.5 Å². The second kappa shape index (κ2) is 11.1. The van der Waals surface area contributed by atoms with Crippen molar-refractivity contribution in [2.75, 3.05) is 33.3 Å². The lowest BCUT2D eigenvalue weighted by atomic mass is 10.1. The third-order valence-electron chi connectivity index (χ3n) is 3.89. The van der Waals surface area contributed by atoms with Crippen molar-refractivity contribution >= 4 is 5.91 Å². The zero-order valence-electron chi connectivity index (χ0n) is 14.2. The molecule has 0 aliphatic carbocycles. The summed E-state index contributed by atoms with van der Waals surface area (Å²) < 4.78 is 5.11. The quantitative estimate of drug-likeness (QED) is 0.639. The molecule has 0 bridgehead atoms. The number of unbranched alkanes of at least 4 members (excludes halogenated alkanes) is 2. The molecule has 22 heavy (non-hydrogen) atoms. The highest BCUT2D eigenvalue weighted by atomic mass is 16.5. The average molecular weight is 306 g/mol. The molecule has 0 aliphatic rings. The molecule has 0 fully saturated rings. The van der Waals surface area contributed by atoms with Gasteiger partial charge in [0.1, 0.15) is 5.75 Å². The minimum atomic E-state index is 0.0916. The van der Waals surface area contributed by atoms with Gasteiger partial charge in [-0.15, -0.1) is 0 Å². The predicted octanol–water partition coefficient (Wildman–Crippen LogP) is 2.87. The van der Waals surface area contributed by atoms with Crippen LogP contribution in [-0.2, 0) is 11.2 Å². The van der Waals surface area contributed by atoms with Crippen LogP contribution in [0.5, 0.6) is 5.75 Å². The molecule has 0 saturated heterocycles. The van der Waals surface area contributed by atoms with Crippen LogP contribution in [0.4, 0.5) is 0 Å². The van der Waals surface area contributed by atoms with Crippen molar-refractivity contribution in [1.29, 1.82) is 0 Å². The van der Waals surface area contributed by atoms with Gasteiger partial charge in [-0.3, -0.25) is 4.79 Å². The van der Waals surface area contributed by atoms with Crippen LogP contribution < -0.4 is 10.1 Å². The van der Waals surface area contributed by atoms with Gasteiger partial charge >= 0.3 is 0 Å². The average Bonchev–Trinajstić information content (AvgIpc) is 2.55. The molecule has 4 heteroatoms. The molecule has 4 nitrogen and oxygen atoms in total. The number of amides is 1. The summed E-state index contributed by atoms with van der Waals surface area (Å²) in [6.45, 7) is 8.57. The van der Waals surface area contributed by atoms with Crippen molar-refractivity contribution in [2.24, 2.45) is 0 Å². The van der Waals surface area contributed by atoms with Gasteiger partial charge in [0.2, 0.25) is 5.91 Å². The maximum absolute atomic E-state index is 11.8. The van der Waals surface area contributed by atoms with E-state index < -0.39 is 0 Å². The number of carbonyl (C=O) groups is 1. The topological polar surface area (TPSA) is 41.6 Å². The van der Waals surface area contributed by atoms with Crippen molar-refractivity contribution in [3.05, 3.63) is 29.8 Å². The molecular formula is C18H30N2O2. The first kappa shape index (κ1) is 18.5. The SMILES string of the molecule is CCN(CC)CCCCCNC(=O)Cc1ccc(OC)cc1. The minimum Gasteiger partial charge on any atom is -0.497 e. The Morgan fingerprint density at radius 3 is 2.36 bits per heavy atom. The Morgan fingerprint density at radius 1 is 1.09 bits per heavy atom. The van der Waals surface area contributed by atoms with Crippen LogP contribution in [0.2, 0.25) is 0 Å². The lowest BCUT2D eigenvalue weighted by Gasteiger charge is -2.17. The zero-order valence-corrected chi connectivity index (χ0v) is 14.2. The summed E-state index contributed by atoms with van der Waals surface area (Å²) in [4.78, 5) is 14.3. The van der Waals surface area contributed by atoms with E-state index in [2.05, 4.69) is 24.1 Å². The number of hydrogen-bond acceptors (Lipinski definition) is 3. The predicted molar refractivity (Wildman–Crippen MR) is 91.3 cm³/mol. The molecule has 0 aromatic heterocycles. The molecule has 0 heterocycles. The molecule has 1 rings (SSSR count). The van der Waals surface area contributed by atoms with Gasteiger partial charge in [0.25, 0.3) is 0 Å². The highest BCUT2D eigenvalue weighted by Crippen LogP contribution is 2.11. The summed E-state index contributed by atoms with van der Waals surface area (Å²) >= 11 is 0. The van der Waals surface area contributed by atoms with E-state index in [0.29, 0.717) is 6.42 Å². The van der Waals surface area contributed by atoms with Gasteiger partial charge in [-0.05, 0) is 50.2 Å². The maximum atomic E-state index is 11.8. The van der Waals surface area contributed by atoms with Gasteiger partial charge in [-0.2, -0.15) is 0 Å². The van der Waals surface area contributed by atoms with Crippen molar-refractivity contribution in [2.45, 2.75) is 39.5 Å². The maximum Gasteiger partial charge on any atom is 0.224 e. The van der Waals surface area contributed by atoms with Crippen LogP contribution in [0.3, 0.4) is 0 Å². The van der Waals surface area contributed by atoms with E-state index in [1.54, 1.807) is 7.11 Å². The first-order valence-electron chi connectivity index (χ1n) is 8.31. The smallest absolute Gasteiger partial charge is 0.224 e. The molecule has 1 aromatic rings. The van der Waals surface area contributed by atoms with E-state index in [4.69, 9.17) is 4.74 Å². The van der Waals surface area contributed by atoms with Crippen LogP contribution in [0.25, 0.3) is 0 Å². The fourth-order valence-corrected chi connectivity index (χ4v) is 2.40. The molecule has 0 spiro atoms. The van der Waals surface area contributed by atoms with Crippen molar-refractivity contribution in [3.8, 4) is 5.75 Å². The third-order valence-corrected chi connectivity index (χ3v) is 3.89. The summed E-state index contributed by atoms with van der Waals surface area (Å²) in [6, 6.07) is 7.64. The zero-order chi connectivity index (χ0) is 16.2. The fourth-order valence-electron chi connectivity index (χ4n) is 2.40. The first-order chi connectivity index (χ1) is 10.7. The number of nitrogens with zero attached hydrogens (tertiary/aromatic N) is 1. The molecule has 0 unspecified atom stereocenters. The highest BCUT2D eigenvalue weighted by Gasteiger charge is 2.03. The number of ether oxygens (including phenoxy) is 1. The first-order valence-corrected chi connectivity index (χ1v) is 8.31. The molecule has 1 aromatic carbocycles. The Balaban J connectivity index is 2.10. The summed E-state index contributed by atoms with van der Waals surface area (Å²) in [5, 5.41) is 2.99. The molecule has 0 saturated carbocycles. The van der Waals surface area contributed by atoms with Gasteiger partial charge in [0.15, 0.2) is 0 Å². The number of rotatable bonds is 11. The van der Waals surface area contributed by atoms with Crippen LogP contribution >= 0.6 is 0 Å². The van der Waals surface area contributed by atoms with E-state index in [9.17, 15) is 4.79 Å². The Hall–Kier alpha value is -1.55. The monoisotopic (exact) mass is 306 g/mol. The number of benzene rings is 1. The second-order valence-electron chi connectivity index (χ2n) is 5.46. The number of carbonyl (C=O) groups excluding carboxylic acids is 1. The number of methoxy groups -OCH3 is 1. The van der Waals surface area contributed by atoms with E-state index >= 15 is 0 Å². The summed E-state index contributed by atoms with van der Waals surface area (Å²) in [7, 11) is 1.64. The number of hydrogen-bond donors (Lipinski definition) is 1. The van der Waals surface area contributed by atoms with Crippen molar-refractivity contribution < 1.29 is 9.53 Å². The highest BCUT2D eigenvalue weighted by molar-refractivity contribution is 5.78. The van der Waals surface area contributed by atoms with E-state index in [0.717, 1.165) is 43.9 Å². The molecule has 0 aliphatic heterocycles. The summed E-state index contributed by atoms with van der Waals surface area (Å²) in [5.41, 5.74) is 1.01. The minimum absolute atomic E-state index is 0.0916. The van der Waals surface area contributed by atoms with Gasteiger partial charge < -0.3 is 15.0 Å². The van der Waals surface area contributed by atoms with E-state index in [-0.39, 0.29) is 5.91 Å². The van der Waals surface area contributed by atoms with E-state index in [1.165, 1.54) is 12.8 Å². The van der Waals surface area contributed by atoms with Crippen LogP contribution in [0.1, 0.15) is 38.7 Å². The van der Waals surface area contributed by atoms with Gasteiger partial charge in [0, 0.05) is 6.54 Å². The van der Waals surface area contributed by atoms with Crippen LogP contribution in [0, 0.1) is 0 Å². The van der Waals surface area contributed by atoms with Crippen molar-refractivity contribution in [1.82, 2.24) is 10.2 Å². The van der Waals surface area contributed by atoms with Crippen LogP contribution in [-0.4, -0.2) is 44.1 Å². The molecule has 124 valence electrons. The third kappa shape index (κ3) is 7.46. The molecule has 1 amide bonds. The lowest BCUT2D eigenvalue weighted by Crippen LogP contribution is -2.26. The molecule has 0 radical (unpaired) electrons. The van der Waals surface area contributed by atoms with Gasteiger partial charge in [-0.25, -0.2) is 0 Å².